The predicted octanol–water partition coefficient (Wildman–Crippen LogP) is 5.89. The fraction of sp³-hybridized carbons (Fsp3) is 0.160. The first-order chi connectivity index (χ1) is 14.1. The van der Waals surface area contributed by atoms with E-state index in [2.05, 4.69) is 41.5 Å². The highest BCUT2D eigenvalue weighted by molar-refractivity contribution is 6.31. The van der Waals surface area contributed by atoms with Crippen LogP contribution >= 0.6 is 11.6 Å². The van der Waals surface area contributed by atoms with Gasteiger partial charge in [-0.2, -0.15) is 0 Å². The number of carbonyl (C=O) groups is 1. The molecule has 0 bridgehead atoms. The number of hydrogen-bond acceptors (Lipinski definition) is 2. The van der Waals surface area contributed by atoms with Gasteiger partial charge in [0.25, 0.3) is 0 Å². The molecule has 0 amide bonds. The van der Waals surface area contributed by atoms with Crippen LogP contribution in [0.5, 0.6) is 0 Å². The van der Waals surface area contributed by atoms with Crippen molar-refractivity contribution in [2.24, 2.45) is 0 Å². The molecule has 1 heterocycles. The Morgan fingerprint density at radius 2 is 1.79 bits per heavy atom. The van der Waals surface area contributed by atoms with Gasteiger partial charge in [-0.15, -0.1) is 0 Å². The number of rotatable bonds is 7. The van der Waals surface area contributed by atoms with Crippen LogP contribution < -0.4 is 5.32 Å². The number of fused-ring (bicyclic) bond motifs is 1. The Bertz CT molecular complexity index is 1120. The second-order valence-corrected chi connectivity index (χ2v) is 7.73. The zero-order valence-corrected chi connectivity index (χ0v) is 17.0. The van der Waals surface area contributed by atoms with E-state index < -0.39 is 6.04 Å². The first kappa shape index (κ1) is 19.4. The van der Waals surface area contributed by atoms with Gasteiger partial charge in [-0.3, -0.25) is 4.79 Å². The molecule has 0 saturated heterocycles. The standard InChI is InChI=1S/C25H23ClN2O/c1-17-7-9-18(10-8-17)13-14-27-24(19-5-3-2-4-6-19)25(29)22-16-28-23-15-20(26)11-12-21(22)23/h2-12,15-16,24,27-28H,13-14H2,1H3/t24-/m0/s1. The van der Waals surface area contributed by atoms with Crippen molar-refractivity contribution >= 4 is 28.3 Å². The highest BCUT2D eigenvalue weighted by Gasteiger charge is 2.24. The summed E-state index contributed by atoms with van der Waals surface area (Å²) in [5.41, 5.74) is 5.01. The van der Waals surface area contributed by atoms with Gasteiger partial charge in [0.2, 0.25) is 0 Å². The number of nitrogens with one attached hydrogen (secondary N) is 2. The summed E-state index contributed by atoms with van der Waals surface area (Å²) in [4.78, 5) is 16.6. The molecule has 1 aromatic heterocycles. The molecule has 29 heavy (non-hydrogen) atoms. The summed E-state index contributed by atoms with van der Waals surface area (Å²) in [7, 11) is 0. The molecule has 3 nitrogen and oxygen atoms in total. The lowest BCUT2D eigenvalue weighted by Crippen LogP contribution is -2.30. The summed E-state index contributed by atoms with van der Waals surface area (Å²) >= 11 is 6.09. The van der Waals surface area contributed by atoms with Crippen LogP contribution in [0.2, 0.25) is 5.02 Å². The minimum absolute atomic E-state index is 0.0497. The lowest BCUT2D eigenvalue weighted by molar-refractivity contribution is 0.0945. The third-order valence-electron chi connectivity index (χ3n) is 5.19. The number of hydrogen-bond donors (Lipinski definition) is 2. The summed E-state index contributed by atoms with van der Waals surface area (Å²) in [6, 6.07) is 23.5. The SMILES string of the molecule is Cc1ccc(CCN[C@H](C(=O)c2c[nH]c3cc(Cl)ccc23)c2ccccc2)cc1. The third kappa shape index (κ3) is 4.42. The molecule has 4 heteroatoms. The van der Waals surface area contributed by atoms with Crippen molar-refractivity contribution in [3.63, 3.8) is 0 Å². The highest BCUT2D eigenvalue weighted by atomic mass is 35.5. The average Bonchev–Trinajstić information content (AvgIpc) is 3.16. The van der Waals surface area contributed by atoms with Gasteiger partial charge in [0.1, 0.15) is 0 Å². The Labute approximate surface area is 175 Å². The van der Waals surface area contributed by atoms with Crippen molar-refractivity contribution in [1.29, 1.82) is 0 Å². The van der Waals surface area contributed by atoms with Crippen LogP contribution in [0.1, 0.15) is 33.1 Å². The van der Waals surface area contributed by atoms with Crippen molar-refractivity contribution in [2.75, 3.05) is 6.54 Å². The van der Waals surface area contributed by atoms with Gasteiger partial charge in [0, 0.05) is 34.2 Å². The summed E-state index contributed by atoms with van der Waals surface area (Å²) in [6.45, 7) is 2.79. The van der Waals surface area contributed by atoms with Gasteiger partial charge in [0.05, 0.1) is 6.04 Å². The normalized spacial score (nSPS) is 12.2. The molecule has 0 spiro atoms. The molecule has 0 radical (unpaired) electrons. The van der Waals surface area contributed by atoms with Crippen LogP contribution in [-0.4, -0.2) is 17.3 Å². The molecule has 0 unspecified atom stereocenters. The summed E-state index contributed by atoms with van der Waals surface area (Å²) < 4.78 is 0. The Morgan fingerprint density at radius 3 is 2.55 bits per heavy atom. The predicted molar refractivity (Wildman–Crippen MR) is 120 cm³/mol. The molecule has 0 fully saturated rings. The number of benzene rings is 3. The zero-order valence-electron chi connectivity index (χ0n) is 16.3. The fourth-order valence-corrected chi connectivity index (χ4v) is 3.75. The number of aromatic nitrogens is 1. The molecule has 0 aliphatic carbocycles. The quantitative estimate of drug-likeness (QED) is 0.379. The Morgan fingerprint density at radius 1 is 1.03 bits per heavy atom. The van der Waals surface area contributed by atoms with E-state index in [0.717, 1.165) is 22.9 Å². The number of carbonyl (C=O) groups excluding carboxylic acids is 1. The van der Waals surface area contributed by atoms with Crippen LogP contribution in [0.4, 0.5) is 0 Å². The first-order valence-corrected chi connectivity index (χ1v) is 10.1. The molecule has 0 aliphatic heterocycles. The monoisotopic (exact) mass is 402 g/mol. The second kappa shape index (κ2) is 8.64. The van der Waals surface area contributed by atoms with E-state index in [4.69, 9.17) is 11.6 Å². The minimum atomic E-state index is -0.406. The molecular formula is C25H23ClN2O. The van der Waals surface area contributed by atoms with Gasteiger partial charge in [-0.05, 0) is 36.6 Å². The van der Waals surface area contributed by atoms with Crippen molar-refractivity contribution < 1.29 is 4.79 Å². The van der Waals surface area contributed by atoms with E-state index in [-0.39, 0.29) is 5.78 Å². The van der Waals surface area contributed by atoms with Crippen molar-refractivity contribution in [1.82, 2.24) is 10.3 Å². The minimum Gasteiger partial charge on any atom is -0.360 e. The van der Waals surface area contributed by atoms with E-state index in [0.29, 0.717) is 17.1 Å². The third-order valence-corrected chi connectivity index (χ3v) is 5.42. The highest BCUT2D eigenvalue weighted by Crippen LogP contribution is 2.26. The maximum absolute atomic E-state index is 13.5. The Hall–Kier alpha value is -2.88. The molecule has 3 aromatic carbocycles. The summed E-state index contributed by atoms with van der Waals surface area (Å²) in [6.07, 6.45) is 2.64. The fourth-order valence-electron chi connectivity index (χ4n) is 3.58. The number of Topliss-reactive ketones (excluding diaryl/α,β-unsaturated/α-hetero) is 1. The van der Waals surface area contributed by atoms with E-state index in [1.807, 2.05) is 48.5 Å². The molecule has 146 valence electrons. The lowest BCUT2D eigenvalue weighted by atomic mass is 9.96. The Kier molecular flexibility index (Phi) is 5.79. The van der Waals surface area contributed by atoms with Crippen molar-refractivity contribution in [2.45, 2.75) is 19.4 Å². The van der Waals surface area contributed by atoms with Gasteiger partial charge >= 0.3 is 0 Å². The van der Waals surface area contributed by atoms with Crippen LogP contribution in [0.15, 0.2) is 79.0 Å². The maximum atomic E-state index is 13.5. The molecular weight excluding hydrogens is 380 g/mol. The number of aromatic amines is 1. The molecule has 0 saturated carbocycles. The van der Waals surface area contributed by atoms with Gasteiger partial charge in [0.15, 0.2) is 5.78 Å². The first-order valence-electron chi connectivity index (χ1n) is 9.76. The van der Waals surface area contributed by atoms with Gasteiger partial charge < -0.3 is 10.3 Å². The number of halogens is 1. The van der Waals surface area contributed by atoms with Crippen LogP contribution in [-0.2, 0) is 6.42 Å². The second-order valence-electron chi connectivity index (χ2n) is 7.29. The van der Waals surface area contributed by atoms with Crippen molar-refractivity contribution in [3.05, 3.63) is 106 Å². The largest absolute Gasteiger partial charge is 0.360 e. The average molecular weight is 403 g/mol. The topological polar surface area (TPSA) is 44.9 Å². The van der Waals surface area contributed by atoms with E-state index in [1.54, 1.807) is 6.20 Å². The molecule has 1 atom stereocenters. The smallest absolute Gasteiger partial charge is 0.186 e. The van der Waals surface area contributed by atoms with Crippen LogP contribution in [0.3, 0.4) is 0 Å². The molecule has 2 N–H and O–H groups in total. The van der Waals surface area contributed by atoms with E-state index >= 15 is 0 Å². The Balaban J connectivity index is 1.58. The summed E-state index contributed by atoms with van der Waals surface area (Å²) in [5, 5.41) is 5.01. The van der Waals surface area contributed by atoms with E-state index in [9.17, 15) is 4.79 Å². The maximum Gasteiger partial charge on any atom is 0.186 e. The summed E-state index contributed by atoms with van der Waals surface area (Å²) in [5.74, 6) is 0.0497. The molecule has 0 aliphatic rings. The van der Waals surface area contributed by atoms with Gasteiger partial charge in [-0.1, -0.05) is 77.8 Å². The van der Waals surface area contributed by atoms with E-state index in [1.165, 1.54) is 11.1 Å². The van der Waals surface area contributed by atoms with Crippen molar-refractivity contribution in [3.8, 4) is 0 Å². The number of ketones is 1. The molecule has 4 rings (SSSR count). The van der Waals surface area contributed by atoms with Gasteiger partial charge in [-0.25, -0.2) is 0 Å². The lowest BCUT2D eigenvalue weighted by Gasteiger charge is -2.18. The molecule has 4 aromatic rings. The number of H-pyrrole nitrogens is 1. The van der Waals surface area contributed by atoms with Crippen LogP contribution in [0, 0.1) is 6.92 Å². The number of aryl methyl sites for hydroxylation is 1. The zero-order chi connectivity index (χ0) is 20.2. The van der Waals surface area contributed by atoms with Crippen LogP contribution in [0.25, 0.3) is 10.9 Å².